The highest BCUT2D eigenvalue weighted by Gasteiger charge is 2.36. The number of alkyl halides is 3. The molecule has 232 valence electrons. The van der Waals surface area contributed by atoms with Crippen molar-refractivity contribution in [3.8, 4) is 0 Å². The number of anilines is 1. The van der Waals surface area contributed by atoms with Crippen LogP contribution in [0.5, 0.6) is 0 Å². The van der Waals surface area contributed by atoms with Gasteiger partial charge in [0.25, 0.3) is 0 Å². The lowest BCUT2D eigenvalue weighted by Gasteiger charge is -2.33. The first-order valence-electron chi connectivity index (χ1n) is 13.4. The second kappa shape index (κ2) is 14.9. The van der Waals surface area contributed by atoms with Crippen LogP contribution in [0.1, 0.15) is 36.5 Å². The van der Waals surface area contributed by atoms with E-state index in [0.717, 1.165) is 30.4 Å². The predicted octanol–water partition coefficient (Wildman–Crippen LogP) is 6.33. The maximum atomic E-state index is 14.1. The van der Waals surface area contributed by atoms with Crippen molar-refractivity contribution in [2.75, 3.05) is 23.7 Å². The first-order valence-corrected chi connectivity index (χ1v) is 16.0. The Bertz CT molecular complexity index is 1520. The summed E-state index contributed by atoms with van der Waals surface area (Å²) in [4.78, 5) is 28.8. The molecule has 3 aromatic rings. The summed E-state index contributed by atoms with van der Waals surface area (Å²) in [5.41, 5.74) is -0.425. The molecule has 0 fully saturated rings. The fourth-order valence-corrected chi connectivity index (χ4v) is 5.63. The number of hydrogen-bond donors (Lipinski definition) is 1. The number of unbranched alkanes of at least 4 members (excludes halogenated alkanes) is 1. The number of nitrogens with one attached hydrogen (secondary N) is 1. The largest absolute Gasteiger partial charge is 0.417 e. The van der Waals surface area contributed by atoms with E-state index in [1.807, 2.05) is 6.92 Å². The number of rotatable bonds is 13. The van der Waals surface area contributed by atoms with Crippen molar-refractivity contribution in [3.63, 3.8) is 0 Å². The van der Waals surface area contributed by atoms with E-state index >= 15 is 0 Å². The Morgan fingerprint density at radius 2 is 1.60 bits per heavy atom. The predicted molar refractivity (Wildman–Crippen MR) is 162 cm³/mol. The number of carbonyl (C=O) groups excluding carboxylic acids is 2. The molecule has 7 nitrogen and oxygen atoms in total. The van der Waals surface area contributed by atoms with E-state index < -0.39 is 56.9 Å². The summed E-state index contributed by atoms with van der Waals surface area (Å²) in [5.74, 6) is -1.28. The average Bonchev–Trinajstić information content (AvgIpc) is 2.94. The minimum Gasteiger partial charge on any atom is -0.354 e. The minimum atomic E-state index is -4.87. The number of amides is 2. The number of hydrogen-bond acceptors (Lipinski definition) is 4. The van der Waals surface area contributed by atoms with Crippen LogP contribution in [0, 0.1) is 0 Å². The summed E-state index contributed by atoms with van der Waals surface area (Å²) in [5, 5.41) is 2.54. The van der Waals surface area contributed by atoms with E-state index in [-0.39, 0.29) is 13.0 Å². The summed E-state index contributed by atoms with van der Waals surface area (Å²) < 4.78 is 67.1. The van der Waals surface area contributed by atoms with Gasteiger partial charge in [-0.05, 0) is 41.8 Å². The van der Waals surface area contributed by atoms with E-state index in [4.69, 9.17) is 23.2 Å². The summed E-state index contributed by atoms with van der Waals surface area (Å²) in [6.45, 7) is 1.27. The maximum absolute atomic E-state index is 14.1. The van der Waals surface area contributed by atoms with Gasteiger partial charge in [-0.1, -0.05) is 85.1 Å². The number of halogens is 5. The third-order valence-corrected chi connectivity index (χ3v) is 8.46. The third kappa shape index (κ3) is 9.61. The lowest BCUT2D eigenvalue weighted by molar-refractivity contribution is -0.140. The van der Waals surface area contributed by atoms with E-state index in [0.29, 0.717) is 33.9 Å². The summed E-state index contributed by atoms with van der Waals surface area (Å²) in [7, 11) is -4.28. The molecule has 0 aliphatic heterocycles. The van der Waals surface area contributed by atoms with Gasteiger partial charge in [-0.25, -0.2) is 8.42 Å². The summed E-state index contributed by atoms with van der Waals surface area (Å²) in [6, 6.07) is 17.1. The van der Waals surface area contributed by atoms with Gasteiger partial charge in [0.1, 0.15) is 12.6 Å². The molecule has 0 spiro atoms. The van der Waals surface area contributed by atoms with Gasteiger partial charge >= 0.3 is 6.18 Å². The van der Waals surface area contributed by atoms with Crippen LogP contribution < -0.4 is 9.62 Å². The second-order valence-electron chi connectivity index (χ2n) is 9.89. The van der Waals surface area contributed by atoms with Crippen molar-refractivity contribution in [3.05, 3.63) is 99.5 Å². The Labute approximate surface area is 259 Å². The van der Waals surface area contributed by atoms with Gasteiger partial charge in [-0.3, -0.25) is 13.9 Å². The topological polar surface area (TPSA) is 86.8 Å². The van der Waals surface area contributed by atoms with Gasteiger partial charge in [-0.15, -0.1) is 0 Å². The van der Waals surface area contributed by atoms with E-state index in [2.05, 4.69) is 5.32 Å². The van der Waals surface area contributed by atoms with Crippen molar-refractivity contribution in [1.29, 1.82) is 0 Å². The molecular formula is C30H32Cl2F3N3O4S. The Morgan fingerprint density at radius 3 is 2.21 bits per heavy atom. The Balaban J connectivity index is 2.09. The quantitative estimate of drug-likeness (QED) is 0.218. The molecule has 0 saturated heterocycles. The van der Waals surface area contributed by atoms with Crippen molar-refractivity contribution in [1.82, 2.24) is 10.2 Å². The molecule has 3 rings (SSSR count). The fraction of sp³-hybridized carbons (Fsp3) is 0.333. The van der Waals surface area contributed by atoms with Crippen LogP contribution >= 0.6 is 23.2 Å². The van der Waals surface area contributed by atoms with Gasteiger partial charge in [0.2, 0.25) is 21.8 Å². The highest BCUT2D eigenvalue weighted by Crippen LogP contribution is 2.37. The van der Waals surface area contributed by atoms with E-state index in [1.54, 1.807) is 54.6 Å². The molecule has 0 bridgehead atoms. The van der Waals surface area contributed by atoms with Gasteiger partial charge in [0.15, 0.2) is 0 Å². The summed E-state index contributed by atoms with van der Waals surface area (Å²) >= 11 is 12.2. The normalized spacial score (nSPS) is 12.4. The van der Waals surface area contributed by atoms with Crippen LogP contribution in [0.4, 0.5) is 18.9 Å². The van der Waals surface area contributed by atoms with E-state index in [1.165, 1.54) is 4.90 Å². The smallest absolute Gasteiger partial charge is 0.354 e. The minimum absolute atomic E-state index is 0.0903. The molecule has 1 N–H and O–H groups in total. The molecule has 2 amide bonds. The van der Waals surface area contributed by atoms with Crippen molar-refractivity contribution >= 4 is 50.7 Å². The number of carbonyl (C=O) groups is 2. The van der Waals surface area contributed by atoms with Gasteiger partial charge in [0, 0.05) is 24.5 Å². The molecule has 3 aromatic carbocycles. The maximum Gasteiger partial charge on any atom is 0.417 e. The number of nitrogens with zero attached hydrogens (tertiary/aromatic N) is 2. The lowest BCUT2D eigenvalue weighted by Crippen LogP contribution is -2.53. The standard InChI is InChI=1S/C30H32Cl2F3N3O4S/c1-3-4-16-36-29(40)27(17-21-10-6-5-7-11-21)37(19-22-12-8-9-13-25(22)31)28(39)20-38(43(2,41)42)23-14-15-26(32)24(18-23)30(33,34)35/h5-15,18,27H,3-4,16-17,19-20H2,1-2H3,(H,36,40)/t27-/m1/s1. The fourth-order valence-electron chi connectivity index (χ4n) is 4.37. The van der Waals surface area contributed by atoms with Crippen LogP contribution in [0.25, 0.3) is 0 Å². The molecule has 43 heavy (non-hydrogen) atoms. The number of benzene rings is 3. The van der Waals surface area contributed by atoms with Crippen molar-refractivity contribution in [2.45, 2.75) is 44.9 Å². The molecule has 1 atom stereocenters. The second-order valence-corrected chi connectivity index (χ2v) is 12.6. The van der Waals surface area contributed by atoms with Crippen LogP contribution in [0.15, 0.2) is 72.8 Å². The zero-order valence-corrected chi connectivity index (χ0v) is 25.9. The molecule has 0 aliphatic rings. The van der Waals surface area contributed by atoms with Gasteiger partial charge < -0.3 is 10.2 Å². The highest BCUT2D eigenvalue weighted by atomic mass is 35.5. The first-order chi connectivity index (χ1) is 20.2. The molecule has 0 unspecified atom stereocenters. The van der Waals surface area contributed by atoms with Crippen molar-refractivity contribution in [2.24, 2.45) is 0 Å². The van der Waals surface area contributed by atoms with Crippen LogP contribution in [0.2, 0.25) is 10.0 Å². The first kappa shape index (κ1) is 34.2. The third-order valence-electron chi connectivity index (χ3n) is 6.62. The zero-order chi connectivity index (χ0) is 31.8. The monoisotopic (exact) mass is 657 g/mol. The Morgan fingerprint density at radius 1 is 0.953 bits per heavy atom. The van der Waals surface area contributed by atoms with E-state index in [9.17, 15) is 31.2 Å². The molecule has 0 aromatic heterocycles. The molecule has 0 aliphatic carbocycles. The molecule has 13 heteroatoms. The zero-order valence-electron chi connectivity index (χ0n) is 23.6. The molecule has 0 heterocycles. The molecule has 0 saturated carbocycles. The lowest BCUT2D eigenvalue weighted by atomic mass is 10.0. The number of sulfonamides is 1. The van der Waals surface area contributed by atoms with Crippen LogP contribution in [-0.2, 0) is 38.8 Å². The Hall–Kier alpha value is -3.28. The molecule has 0 radical (unpaired) electrons. The SMILES string of the molecule is CCCCNC(=O)[C@@H](Cc1ccccc1)N(Cc1ccccc1Cl)C(=O)CN(c1ccc(Cl)c(C(F)(F)F)c1)S(C)(=O)=O. The van der Waals surface area contributed by atoms with Gasteiger partial charge in [-0.2, -0.15) is 13.2 Å². The summed E-state index contributed by atoms with van der Waals surface area (Å²) in [6.07, 6.45) is -2.49. The van der Waals surface area contributed by atoms with Crippen LogP contribution in [0.3, 0.4) is 0 Å². The van der Waals surface area contributed by atoms with Crippen molar-refractivity contribution < 1.29 is 31.2 Å². The Kier molecular flexibility index (Phi) is 11.9. The van der Waals surface area contributed by atoms with Crippen LogP contribution in [-0.4, -0.2) is 50.5 Å². The molecular weight excluding hydrogens is 626 g/mol. The highest BCUT2D eigenvalue weighted by molar-refractivity contribution is 7.92. The average molecular weight is 659 g/mol. The van der Waals surface area contributed by atoms with Gasteiger partial charge in [0.05, 0.1) is 22.5 Å².